The maximum atomic E-state index is 12.6. The molecule has 0 bridgehead atoms. The van der Waals surface area contributed by atoms with Crippen LogP contribution in [0.3, 0.4) is 0 Å². The number of benzene rings is 1. The molecule has 0 heterocycles. The van der Waals surface area contributed by atoms with E-state index in [9.17, 15) is 4.79 Å². The third-order valence-corrected chi connectivity index (χ3v) is 3.86. The number of nitrogens with zero attached hydrogens (tertiary/aromatic N) is 1. The number of carbonyl (C=O) groups excluding carboxylic acids is 1. The first-order valence-corrected chi connectivity index (χ1v) is 7.61. The molecule has 0 saturated heterocycles. The van der Waals surface area contributed by atoms with E-state index in [0.29, 0.717) is 29.7 Å². The third kappa shape index (κ3) is 3.46. The van der Waals surface area contributed by atoms with Crippen molar-refractivity contribution in [3.8, 4) is 17.2 Å². The van der Waals surface area contributed by atoms with Gasteiger partial charge in [-0.2, -0.15) is 0 Å². The van der Waals surface area contributed by atoms with E-state index in [2.05, 4.69) is 13.8 Å². The van der Waals surface area contributed by atoms with Crippen LogP contribution in [0.25, 0.3) is 0 Å². The molecule has 122 valence electrons. The molecular weight excluding hydrogens is 282 g/mol. The Morgan fingerprint density at radius 3 is 2.05 bits per heavy atom. The molecule has 0 radical (unpaired) electrons. The molecule has 5 nitrogen and oxygen atoms in total. The molecule has 1 aromatic carbocycles. The van der Waals surface area contributed by atoms with Crippen LogP contribution in [0.4, 0.5) is 0 Å². The summed E-state index contributed by atoms with van der Waals surface area (Å²) in [5, 5.41) is 0. The molecule has 0 aromatic heterocycles. The summed E-state index contributed by atoms with van der Waals surface area (Å²) in [4.78, 5) is 14.6. The first kappa shape index (κ1) is 16.5. The summed E-state index contributed by atoms with van der Waals surface area (Å²) in [7, 11) is 4.72. The van der Waals surface area contributed by atoms with Crippen molar-refractivity contribution in [1.82, 2.24) is 4.90 Å². The van der Waals surface area contributed by atoms with Crippen LogP contribution in [-0.4, -0.2) is 44.2 Å². The molecular formula is C17H25NO4. The zero-order chi connectivity index (χ0) is 16.3. The summed E-state index contributed by atoms with van der Waals surface area (Å²) >= 11 is 0. The van der Waals surface area contributed by atoms with Gasteiger partial charge in [-0.25, -0.2) is 0 Å². The van der Waals surface area contributed by atoms with E-state index in [0.717, 1.165) is 18.4 Å². The highest BCUT2D eigenvalue weighted by molar-refractivity contribution is 5.80. The summed E-state index contributed by atoms with van der Waals surface area (Å²) < 4.78 is 16.0. The minimum absolute atomic E-state index is 0.145. The molecule has 5 heteroatoms. The molecule has 0 atom stereocenters. The molecule has 0 spiro atoms. The van der Waals surface area contributed by atoms with Gasteiger partial charge in [-0.3, -0.25) is 4.79 Å². The highest BCUT2D eigenvalue weighted by atomic mass is 16.5. The molecule has 0 N–H and O–H groups in total. The fraction of sp³-hybridized carbons (Fsp3) is 0.588. The SMILES string of the molecule is COc1cc(CC(=O)N(C(C)C)C2CC2)cc(OC)c1OC. The Bertz CT molecular complexity index is 510. The summed E-state index contributed by atoms with van der Waals surface area (Å²) in [6.45, 7) is 4.12. The van der Waals surface area contributed by atoms with Gasteiger partial charge in [0.2, 0.25) is 11.7 Å². The van der Waals surface area contributed by atoms with Crippen molar-refractivity contribution in [2.24, 2.45) is 0 Å². The fourth-order valence-corrected chi connectivity index (χ4v) is 2.77. The third-order valence-electron chi connectivity index (χ3n) is 3.86. The first-order valence-electron chi connectivity index (χ1n) is 7.61. The molecule has 1 amide bonds. The summed E-state index contributed by atoms with van der Waals surface area (Å²) in [5.74, 6) is 1.84. The second kappa shape index (κ2) is 6.90. The van der Waals surface area contributed by atoms with Crippen LogP contribution in [0.5, 0.6) is 17.2 Å². The Morgan fingerprint density at radius 2 is 1.68 bits per heavy atom. The summed E-state index contributed by atoms with van der Waals surface area (Å²) in [6, 6.07) is 4.31. The van der Waals surface area contributed by atoms with Gasteiger partial charge >= 0.3 is 0 Å². The van der Waals surface area contributed by atoms with Crippen molar-refractivity contribution < 1.29 is 19.0 Å². The molecule has 1 saturated carbocycles. The van der Waals surface area contributed by atoms with Crippen LogP contribution < -0.4 is 14.2 Å². The number of hydrogen-bond donors (Lipinski definition) is 0. The standard InChI is InChI=1S/C17H25NO4/c1-11(2)18(13-6-7-13)16(19)10-12-8-14(20-3)17(22-5)15(9-12)21-4/h8-9,11,13H,6-7,10H2,1-5H3. The van der Waals surface area contributed by atoms with E-state index in [4.69, 9.17) is 14.2 Å². The van der Waals surface area contributed by atoms with E-state index in [1.807, 2.05) is 17.0 Å². The number of amides is 1. The van der Waals surface area contributed by atoms with Crippen molar-refractivity contribution in [2.45, 2.75) is 45.2 Å². The Kier molecular flexibility index (Phi) is 5.16. The van der Waals surface area contributed by atoms with Crippen molar-refractivity contribution in [3.05, 3.63) is 17.7 Å². The lowest BCUT2D eigenvalue weighted by Crippen LogP contribution is -2.39. The second-order valence-electron chi connectivity index (χ2n) is 5.84. The summed E-state index contributed by atoms with van der Waals surface area (Å²) in [5.41, 5.74) is 0.866. The number of methoxy groups -OCH3 is 3. The zero-order valence-electron chi connectivity index (χ0n) is 14.0. The number of hydrogen-bond acceptors (Lipinski definition) is 4. The minimum Gasteiger partial charge on any atom is -0.493 e. The van der Waals surface area contributed by atoms with E-state index in [-0.39, 0.29) is 11.9 Å². The zero-order valence-corrected chi connectivity index (χ0v) is 14.0. The lowest BCUT2D eigenvalue weighted by molar-refractivity contribution is -0.132. The molecule has 1 aliphatic carbocycles. The normalized spacial score (nSPS) is 13.9. The lowest BCUT2D eigenvalue weighted by Gasteiger charge is -2.27. The van der Waals surface area contributed by atoms with Crippen molar-refractivity contribution in [1.29, 1.82) is 0 Å². The van der Waals surface area contributed by atoms with Gasteiger partial charge in [-0.15, -0.1) is 0 Å². The molecule has 1 aliphatic rings. The average molecular weight is 307 g/mol. The van der Waals surface area contributed by atoms with Crippen LogP contribution in [0.15, 0.2) is 12.1 Å². The van der Waals surface area contributed by atoms with Gasteiger partial charge in [-0.05, 0) is 44.4 Å². The highest BCUT2D eigenvalue weighted by Crippen LogP contribution is 2.38. The number of ether oxygens (including phenoxy) is 3. The monoisotopic (exact) mass is 307 g/mol. The smallest absolute Gasteiger partial charge is 0.227 e. The van der Waals surface area contributed by atoms with Gasteiger partial charge < -0.3 is 19.1 Å². The molecule has 1 aromatic rings. The molecule has 0 aliphatic heterocycles. The maximum absolute atomic E-state index is 12.6. The molecule has 1 fully saturated rings. The number of carbonyl (C=O) groups is 1. The fourth-order valence-electron chi connectivity index (χ4n) is 2.77. The van der Waals surface area contributed by atoms with Gasteiger partial charge in [0, 0.05) is 12.1 Å². The topological polar surface area (TPSA) is 48.0 Å². The maximum Gasteiger partial charge on any atom is 0.227 e. The molecule has 2 rings (SSSR count). The second-order valence-corrected chi connectivity index (χ2v) is 5.84. The van der Waals surface area contributed by atoms with E-state index >= 15 is 0 Å². The summed E-state index contributed by atoms with van der Waals surface area (Å²) in [6.07, 6.45) is 2.56. The highest BCUT2D eigenvalue weighted by Gasteiger charge is 2.34. The van der Waals surface area contributed by atoms with Gasteiger partial charge in [0.1, 0.15) is 0 Å². The largest absolute Gasteiger partial charge is 0.493 e. The van der Waals surface area contributed by atoms with Crippen molar-refractivity contribution in [2.75, 3.05) is 21.3 Å². The van der Waals surface area contributed by atoms with Crippen molar-refractivity contribution >= 4 is 5.91 Å². The van der Waals surface area contributed by atoms with Crippen LogP contribution in [0.2, 0.25) is 0 Å². The van der Waals surface area contributed by atoms with E-state index in [1.54, 1.807) is 21.3 Å². The van der Waals surface area contributed by atoms with E-state index < -0.39 is 0 Å². The Balaban J connectivity index is 2.23. The van der Waals surface area contributed by atoms with Gasteiger partial charge in [0.05, 0.1) is 27.8 Å². The van der Waals surface area contributed by atoms with Gasteiger partial charge in [-0.1, -0.05) is 0 Å². The predicted octanol–water partition coefficient (Wildman–Crippen LogP) is 2.65. The quantitative estimate of drug-likeness (QED) is 0.777. The van der Waals surface area contributed by atoms with Crippen LogP contribution >= 0.6 is 0 Å². The Labute approximate surface area is 132 Å². The van der Waals surface area contributed by atoms with Crippen LogP contribution in [-0.2, 0) is 11.2 Å². The van der Waals surface area contributed by atoms with Crippen LogP contribution in [0.1, 0.15) is 32.3 Å². The Hall–Kier alpha value is -1.91. The van der Waals surface area contributed by atoms with Gasteiger partial charge in [0.25, 0.3) is 0 Å². The first-order chi connectivity index (χ1) is 10.5. The van der Waals surface area contributed by atoms with Crippen LogP contribution in [0, 0.1) is 0 Å². The Morgan fingerprint density at radius 1 is 1.14 bits per heavy atom. The van der Waals surface area contributed by atoms with Crippen molar-refractivity contribution in [3.63, 3.8) is 0 Å². The molecule has 0 unspecified atom stereocenters. The lowest BCUT2D eigenvalue weighted by atomic mass is 10.1. The van der Waals surface area contributed by atoms with E-state index in [1.165, 1.54) is 0 Å². The minimum atomic E-state index is 0.145. The average Bonchev–Trinajstić information content (AvgIpc) is 3.30. The predicted molar refractivity (Wildman–Crippen MR) is 84.8 cm³/mol. The van der Waals surface area contributed by atoms with Gasteiger partial charge in [0.15, 0.2) is 11.5 Å². The molecule has 22 heavy (non-hydrogen) atoms. The number of rotatable bonds is 7.